The van der Waals surface area contributed by atoms with Gasteiger partial charge in [-0.25, -0.2) is 0 Å². The fourth-order valence-electron chi connectivity index (χ4n) is 2.33. The molecule has 1 unspecified atom stereocenters. The predicted octanol–water partition coefficient (Wildman–Crippen LogP) is 2.75. The smallest absolute Gasteiger partial charge is 0.245 e. The lowest BCUT2D eigenvalue weighted by Crippen LogP contribution is -2.42. The maximum Gasteiger partial charge on any atom is 0.245 e. The third-order valence-corrected chi connectivity index (χ3v) is 4.12. The van der Waals surface area contributed by atoms with E-state index >= 15 is 0 Å². The molecule has 2 rings (SSSR count). The molecule has 0 bridgehead atoms. The number of nitrogens with zero attached hydrogens (tertiary/aromatic N) is 1. The van der Waals surface area contributed by atoms with Gasteiger partial charge in [-0.3, -0.25) is 4.79 Å². The summed E-state index contributed by atoms with van der Waals surface area (Å²) in [5, 5.41) is -0.600. The summed E-state index contributed by atoms with van der Waals surface area (Å²) in [6.07, 6.45) is 0. The molecule has 1 saturated heterocycles. The molecule has 0 radical (unpaired) electrons. The molecule has 104 valence electrons. The minimum Gasteiger partial charge on any atom is -0.378 e. The Hall–Kier alpha value is -1.06. The van der Waals surface area contributed by atoms with E-state index in [9.17, 15) is 4.79 Å². The molecule has 1 aromatic rings. The molecule has 0 aliphatic carbocycles. The van der Waals surface area contributed by atoms with Crippen LogP contribution in [0, 0.1) is 20.8 Å². The van der Waals surface area contributed by atoms with E-state index in [2.05, 4.69) is 13.0 Å². The van der Waals surface area contributed by atoms with Gasteiger partial charge in [-0.15, -0.1) is 11.6 Å². The largest absolute Gasteiger partial charge is 0.378 e. The van der Waals surface area contributed by atoms with Crippen LogP contribution in [-0.4, -0.2) is 37.1 Å². The first-order valence-electron chi connectivity index (χ1n) is 6.59. The maximum atomic E-state index is 12.4. The molecule has 1 heterocycles. The average molecular weight is 282 g/mol. The van der Waals surface area contributed by atoms with Gasteiger partial charge >= 0.3 is 0 Å². The molecule has 0 N–H and O–H groups in total. The summed E-state index contributed by atoms with van der Waals surface area (Å²) in [6.45, 7) is 8.57. The zero-order valence-corrected chi connectivity index (χ0v) is 12.5. The zero-order chi connectivity index (χ0) is 14.0. The summed E-state index contributed by atoms with van der Waals surface area (Å²) >= 11 is 6.39. The van der Waals surface area contributed by atoms with Crippen molar-refractivity contribution in [3.05, 3.63) is 34.4 Å². The van der Waals surface area contributed by atoms with Gasteiger partial charge in [0.15, 0.2) is 0 Å². The first-order chi connectivity index (χ1) is 9.00. The summed E-state index contributed by atoms with van der Waals surface area (Å²) in [5.41, 5.74) is 4.39. The summed E-state index contributed by atoms with van der Waals surface area (Å²) < 4.78 is 5.26. The van der Waals surface area contributed by atoms with Crippen molar-refractivity contribution in [1.29, 1.82) is 0 Å². The van der Waals surface area contributed by atoms with Gasteiger partial charge in [0.2, 0.25) is 5.91 Å². The molecule has 1 atom stereocenters. The highest BCUT2D eigenvalue weighted by atomic mass is 35.5. The van der Waals surface area contributed by atoms with Gasteiger partial charge in [0, 0.05) is 13.1 Å². The van der Waals surface area contributed by atoms with Crippen molar-refractivity contribution in [3.8, 4) is 0 Å². The van der Waals surface area contributed by atoms with E-state index in [4.69, 9.17) is 16.3 Å². The number of ether oxygens (including phenoxy) is 1. The number of hydrogen-bond acceptors (Lipinski definition) is 2. The minimum absolute atomic E-state index is 0.0173. The lowest BCUT2D eigenvalue weighted by Gasteiger charge is -2.29. The Morgan fingerprint density at radius 3 is 2.37 bits per heavy atom. The van der Waals surface area contributed by atoms with Gasteiger partial charge in [0.05, 0.1) is 13.2 Å². The molecular weight excluding hydrogens is 262 g/mol. The SMILES string of the molecule is Cc1cc(C)c(C(Cl)C(=O)N2CCOCC2)cc1C. The van der Waals surface area contributed by atoms with Crippen molar-refractivity contribution in [2.24, 2.45) is 0 Å². The molecule has 4 heteroatoms. The molecule has 1 fully saturated rings. The lowest BCUT2D eigenvalue weighted by atomic mass is 9.98. The number of carbonyl (C=O) groups excluding carboxylic acids is 1. The lowest BCUT2D eigenvalue weighted by molar-refractivity contribution is -0.134. The molecular formula is C15H20ClNO2. The Bertz CT molecular complexity index is 481. The Kier molecular flexibility index (Phi) is 4.48. The van der Waals surface area contributed by atoms with Gasteiger partial charge in [-0.2, -0.15) is 0 Å². The second-order valence-electron chi connectivity index (χ2n) is 5.09. The van der Waals surface area contributed by atoms with Crippen LogP contribution in [0.25, 0.3) is 0 Å². The number of amides is 1. The Balaban J connectivity index is 2.21. The number of rotatable bonds is 2. The van der Waals surface area contributed by atoms with Crippen LogP contribution in [0.15, 0.2) is 12.1 Å². The van der Waals surface area contributed by atoms with Crippen molar-refractivity contribution in [2.45, 2.75) is 26.1 Å². The molecule has 1 aromatic carbocycles. The molecule has 0 spiro atoms. The highest BCUT2D eigenvalue weighted by Crippen LogP contribution is 2.28. The van der Waals surface area contributed by atoms with E-state index in [-0.39, 0.29) is 5.91 Å². The molecule has 1 amide bonds. The van der Waals surface area contributed by atoms with Crippen LogP contribution in [0.3, 0.4) is 0 Å². The van der Waals surface area contributed by atoms with Crippen LogP contribution >= 0.6 is 11.6 Å². The second-order valence-corrected chi connectivity index (χ2v) is 5.53. The average Bonchev–Trinajstić information content (AvgIpc) is 2.42. The normalized spacial score (nSPS) is 17.4. The summed E-state index contributed by atoms with van der Waals surface area (Å²) in [6, 6.07) is 4.12. The van der Waals surface area contributed by atoms with E-state index in [1.54, 1.807) is 4.90 Å². The Morgan fingerprint density at radius 2 is 1.74 bits per heavy atom. The van der Waals surface area contributed by atoms with Gasteiger partial charge in [-0.1, -0.05) is 12.1 Å². The Morgan fingerprint density at radius 1 is 1.16 bits per heavy atom. The Labute approximate surface area is 119 Å². The van der Waals surface area contributed by atoms with Gasteiger partial charge < -0.3 is 9.64 Å². The van der Waals surface area contributed by atoms with Crippen molar-refractivity contribution in [1.82, 2.24) is 4.90 Å². The number of carbonyl (C=O) groups is 1. The second kappa shape index (κ2) is 5.93. The quantitative estimate of drug-likeness (QED) is 0.780. The third kappa shape index (κ3) is 3.10. The van der Waals surface area contributed by atoms with Gasteiger partial charge in [-0.05, 0) is 43.0 Å². The number of benzene rings is 1. The number of hydrogen-bond donors (Lipinski definition) is 0. The topological polar surface area (TPSA) is 29.5 Å². The van der Waals surface area contributed by atoms with Crippen LogP contribution in [0.1, 0.15) is 27.6 Å². The number of morpholine rings is 1. The van der Waals surface area contributed by atoms with Crippen molar-refractivity contribution in [2.75, 3.05) is 26.3 Å². The molecule has 0 aromatic heterocycles. The predicted molar refractivity (Wildman–Crippen MR) is 76.6 cm³/mol. The fraction of sp³-hybridized carbons (Fsp3) is 0.533. The minimum atomic E-state index is -0.600. The highest BCUT2D eigenvalue weighted by Gasteiger charge is 2.26. The fourth-order valence-corrected chi connectivity index (χ4v) is 2.71. The molecule has 1 aliphatic heterocycles. The van der Waals surface area contributed by atoms with E-state index in [0.29, 0.717) is 26.3 Å². The molecule has 0 saturated carbocycles. The number of aryl methyl sites for hydroxylation is 3. The van der Waals surface area contributed by atoms with Crippen molar-refractivity contribution < 1.29 is 9.53 Å². The monoisotopic (exact) mass is 281 g/mol. The van der Waals surface area contributed by atoms with E-state index in [1.165, 1.54) is 11.1 Å². The van der Waals surface area contributed by atoms with E-state index in [1.807, 2.05) is 19.9 Å². The van der Waals surface area contributed by atoms with Crippen molar-refractivity contribution in [3.63, 3.8) is 0 Å². The summed E-state index contributed by atoms with van der Waals surface area (Å²) in [5.74, 6) is -0.0173. The number of halogens is 1. The van der Waals surface area contributed by atoms with Crippen LogP contribution in [0.4, 0.5) is 0 Å². The summed E-state index contributed by atoms with van der Waals surface area (Å²) in [4.78, 5) is 14.2. The van der Waals surface area contributed by atoms with Gasteiger partial charge in [0.25, 0.3) is 0 Å². The van der Waals surface area contributed by atoms with E-state index in [0.717, 1.165) is 11.1 Å². The standard InChI is InChI=1S/C15H20ClNO2/c1-10-8-12(3)13(9-11(10)2)14(16)15(18)17-4-6-19-7-5-17/h8-9,14H,4-7H2,1-3H3. The van der Waals surface area contributed by atoms with Crippen LogP contribution in [0.5, 0.6) is 0 Å². The summed E-state index contributed by atoms with van der Waals surface area (Å²) in [7, 11) is 0. The van der Waals surface area contributed by atoms with E-state index < -0.39 is 5.38 Å². The highest BCUT2D eigenvalue weighted by molar-refractivity contribution is 6.30. The molecule has 19 heavy (non-hydrogen) atoms. The zero-order valence-electron chi connectivity index (χ0n) is 11.7. The van der Waals surface area contributed by atoms with Crippen LogP contribution in [-0.2, 0) is 9.53 Å². The molecule has 1 aliphatic rings. The van der Waals surface area contributed by atoms with Gasteiger partial charge in [0.1, 0.15) is 5.38 Å². The molecule has 3 nitrogen and oxygen atoms in total. The van der Waals surface area contributed by atoms with Crippen LogP contribution in [0.2, 0.25) is 0 Å². The van der Waals surface area contributed by atoms with Crippen molar-refractivity contribution >= 4 is 17.5 Å². The maximum absolute atomic E-state index is 12.4. The first-order valence-corrected chi connectivity index (χ1v) is 7.02. The first kappa shape index (κ1) is 14.4. The van der Waals surface area contributed by atoms with Crippen LogP contribution < -0.4 is 0 Å². The number of alkyl halides is 1. The third-order valence-electron chi connectivity index (χ3n) is 3.69.